The molecule has 3 heteroatoms. The number of nitrogens with zero attached hydrogens (tertiary/aromatic N) is 1. The third kappa shape index (κ3) is 2.60. The van der Waals surface area contributed by atoms with Gasteiger partial charge in [-0.25, -0.2) is 0 Å². The molecule has 74 valence electrons. The fourth-order valence-corrected chi connectivity index (χ4v) is 1.79. The first kappa shape index (κ1) is 9.80. The smallest absolute Gasteiger partial charge is 0.195 e. The summed E-state index contributed by atoms with van der Waals surface area (Å²) in [5.74, 6) is 0.0360. The Kier molecular flexibility index (Phi) is 3.05. The minimum Gasteiger partial charge on any atom is -0.288 e. The normalized spacial score (nSPS) is 10.7. The van der Waals surface area contributed by atoms with Crippen LogP contribution in [0.25, 0.3) is 6.08 Å². The van der Waals surface area contributed by atoms with Crippen molar-refractivity contribution in [3.63, 3.8) is 0 Å². The molecule has 0 amide bonds. The summed E-state index contributed by atoms with van der Waals surface area (Å²) in [6.45, 7) is 0. The fraction of sp³-hybridized carbons (Fsp3) is 0. The second-order valence-corrected chi connectivity index (χ2v) is 3.91. The molecule has 2 nitrogen and oxygen atoms in total. The molecule has 0 aliphatic carbocycles. The zero-order chi connectivity index (χ0) is 10.5. The summed E-state index contributed by atoms with van der Waals surface area (Å²) >= 11 is 1.45. The van der Waals surface area contributed by atoms with Crippen LogP contribution in [0.5, 0.6) is 0 Å². The number of hydrogen-bond donors (Lipinski definition) is 0. The summed E-state index contributed by atoms with van der Waals surface area (Å²) in [5, 5.41) is 1.89. The molecule has 0 bridgehead atoms. The molecule has 0 spiro atoms. The van der Waals surface area contributed by atoms with Gasteiger partial charge in [0.1, 0.15) is 0 Å². The molecular formula is C12H9NOS. The van der Waals surface area contributed by atoms with E-state index >= 15 is 0 Å². The maximum absolute atomic E-state index is 11.6. The second-order valence-electron chi connectivity index (χ2n) is 2.96. The van der Waals surface area contributed by atoms with Gasteiger partial charge in [0, 0.05) is 12.4 Å². The standard InChI is InChI=1S/C12H9NOS/c14-11(12-4-2-8-15-12)6-5-10-3-1-7-13-9-10/h1-9H. The van der Waals surface area contributed by atoms with Crippen molar-refractivity contribution in [3.05, 3.63) is 58.6 Å². The highest BCUT2D eigenvalue weighted by atomic mass is 32.1. The van der Waals surface area contributed by atoms with Gasteiger partial charge in [-0.1, -0.05) is 12.1 Å². The first-order valence-electron chi connectivity index (χ1n) is 4.52. The van der Waals surface area contributed by atoms with Crippen LogP contribution in [0.2, 0.25) is 0 Å². The Morgan fingerprint density at radius 1 is 1.33 bits per heavy atom. The van der Waals surface area contributed by atoms with Crippen LogP contribution in [0, 0.1) is 0 Å². The summed E-state index contributed by atoms with van der Waals surface area (Å²) in [4.78, 5) is 16.3. The van der Waals surface area contributed by atoms with E-state index in [-0.39, 0.29) is 5.78 Å². The molecule has 2 aromatic rings. The molecule has 0 aromatic carbocycles. The zero-order valence-electron chi connectivity index (χ0n) is 7.96. The molecule has 0 aliphatic heterocycles. The largest absolute Gasteiger partial charge is 0.288 e. The zero-order valence-corrected chi connectivity index (χ0v) is 8.78. The molecule has 0 aliphatic rings. The van der Waals surface area contributed by atoms with Crippen molar-refractivity contribution >= 4 is 23.2 Å². The summed E-state index contributed by atoms with van der Waals surface area (Å²) in [6, 6.07) is 7.44. The first-order chi connectivity index (χ1) is 7.36. The van der Waals surface area contributed by atoms with E-state index in [1.807, 2.05) is 29.6 Å². The van der Waals surface area contributed by atoms with E-state index < -0.39 is 0 Å². The van der Waals surface area contributed by atoms with Crippen molar-refractivity contribution in [2.24, 2.45) is 0 Å². The first-order valence-corrected chi connectivity index (χ1v) is 5.40. The predicted octanol–water partition coefficient (Wildman–Crippen LogP) is 3.04. The van der Waals surface area contributed by atoms with Crippen LogP contribution in [-0.4, -0.2) is 10.8 Å². The third-order valence-electron chi connectivity index (χ3n) is 1.88. The fourth-order valence-electron chi connectivity index (χ4n) is 1.15. The maximum atomic E-state index is 11.6. The number of carbonyl (C=O) groups is 1. The van der Waals surface area contributed by atoms with Crippen LogP contribution in [0.15, 0.2) is 48.1 Å². The van der Waals surface area contributed by atoms with Gasteiger partial charge in [-0.15, -0.1) is 11.3 Å². The van der Waals surface area contributed by atoms with E-state index in [1.165, 1.54) is 11.3 Å². The average molecular weight is 215 g/mol. The Morgan fingerprint density at radius 3 is 2.93 bits per heavy atom. The average Bonchev–Trinajstić information content (AvgIpc) is 2.81. The third-order valence-corrected chi connectivity index (χ3v) is 2.76. The van der Waals surface area contributed by atoms with Gasteiger partial charge in [-0.2, -0.15) is 0 Å². The monoisotopic (exact) mass is 215 g/mol. The summed E-state index contributed by atoms with van der Waals surface area (Å²) in [5.41, 5.74) is 0.933. The number of thiophene rings is 1. The Labute approximate surface area is 91.9 Å². The van der Waals surface area contributed by atoms with Crippen LogP contribution in [0.3, 0.4) is 0 Å². The summed E-state index contributed by atoms with van der Waals surface area (Å²) < 4.78 is 0. The number of carbonyl (C=O) groups excluding carboxylic acids is 1. The lowest BCUT2D eigenvalue weighted by molar-refractivity contribution is 0.105. The number of pyridine rings is 1. The second kappa shape index (κ2) is 4.66. The van der Waals surface area contributed by atoms with Gasteiger partial charge in [-0.3, -0.25) is 9.78 Å². The van der Waals surface area contributed by atoms with Crippen molar-refractivity contribution in [1.82, 2.24) is 4.98 Å². The van der Waals surface area contributed by atoms with Crippen LogP contribution < -0.4 is 0 Å². The topological polar surface area (TPSA) is 30.0 Å². The van der Waals surface area contributed by atoms with Crippen LogP contribution in [0.4, 0.5) is 0 Å². The van der Waals surface area contributed by atoms with E-state index in [4.69, 9.17) is 0 Å². The molecule has 0 fully saturated rings. The number of rotatable bonds is 3. The Bertz CT molecular complexity index is 460. The van der Waals surface area contributed by atoms with E-state index in [1.54, 1.807) is 24.5 Å². The number of aromatic nitrogens is 1. The lowest BCUT2D eigenvalue weighted by atomic mass is 10.2. The van der Waals surface area contributed by atoms with Gasteiger partial charge in [-0.05, 0) is 35.2 Å². The molecule has 0 atom stereocenters. The van der Waals surface area contributed by atoms with Gasteiger partial charge in [0.2, 0.25) is 0 Å². The molecule has 2 heterocycles. The highest BCUT2D eigenvalue weighted by Gasteiger charge is 2.00. The quantitative estimate of drug-likeness (QED) is 0.582. The van der Waals surface area contributed by atoms with E-state index in [9.17, 15) is 4.79 Å². The van der Waals surface area contributed by atoms with Crippen LogP contribution in [-0.2, 0) is 0 Å². The molecule has 15 heavy (non-hydrogen) atoms. The van der Waals surface area contributed by atoms with E-state index in [0.717, 1.165) is 10.4 Å². The summed E-state index contributed by atoms with van der Waals surface area (Å²) in [7, 11) is 0. The molecular weight excluding hydrogens is 206 g/mol. The maximum Gasteiger partial charge on any atom is 0.195 e. The molecule has 0 unspecified atom stereocenters. The molecule has 2 aromatic heterocycles. The Hall–Kier alpha value is -1.74. The Morgan fingerprint density at radius 2 is 2.27 bits per heavy atom. The van der Waals surface area contributed by atoms with Crippen LogP contribution in [0.1, 0.15) is 15.2 Å². The van der Waals surface area contributed by atoms with Crippen molar-refractivity contribution in [2.75, 3.05) is 0 Å². The number of allylic oxidation sites excluding steroid dienone is 1. The van der Waals surface area contributed by atoms with Gasteiger partial charge in [0.05, 0.1) is 4.88 Å². The van der Waals surface area contributed by atoms with Gasteiger partial charge >= 0.3 is 0 Å². The molecule has 0 saturated heterocycles. The van der Waals surface area contributed by atoms with Crippen LogP contribution >= 0.6 is 11.3 Å². The van der Waals surface area contributed by atoms with E-state index in [2.05, 4.69) is 4.98 Å². The number of hydrogen-bond acceptors (Lipinski definition) is 3. The molecule has 0 N–H and O–H groups in total. The van der Waals surface area contributed by atoms with Gasteiger partial charge in [0.15, 0.2) is 5.78 Å². The van der Waals surface area contributed by atoms with Crippen molar-refractivity contribution in [2.45, 2.75) is 0 Å². The molecule has 2 rings (SSSR count). The minimum atomic E-state index is 0.0360. The highest BCUT2D eigenvalue weighted by Crippen LogP contribution is 2.10. The van der Waals surface area contributed by atoms with E-state index in [0.29, 0.717) is 0 Å². The molecule has 0 saturated carbocycles. The molecule has 0 radical (unpaired) electrons. The predicted molar refractivity (Wildman–Crippen MR) is 61.9 cm³/mol. The number of ketones is 1. The van der Waals surface area contributed by atoms with Crippen molar-refractivity contribution in [3.8, 4) is 0 Å². The van der Waals surface area contributed by atoms with Crippen molar-refractivity contribution < 1.29 is 4.79 Å². The van der Waals surface area contributed by atoms with Crippen molar-refractivity contribution in [1.29, 1.82) is 0 Å². The minimum absolute atomic E-state index is 0.0360. The van der Waals surface area contributed by atoms with Gasteiger partial charge < -0.3 is 0 Å². The van der Waals surface area contributed by atoms with Gasteiger partial charge in [0.25, 0.3) is 0 Å². The summed E-state index contributed by atoms with van der Waals surface area (Å²) in [6.07, 6.45) is 6.77. The highest BCUT2D eigenvalue weighted by molar-refractivity contribution is 7.12. The Balaban J connectivity index is 2.10. The lowest BCUT2D eigenvalue weighted by Crippen LogP contribution is -1.88. The SMILES string of the molecule is O=C(C=Cc1cccnc1)c1cccs1. The lowest BCUT2D eigenvalue weighted by Gasteiger charge is -1.90.